The van der Waals surface area contributed by atoms with Crippen molar-refractivity contribution >= 4 is 33.4 Å². The highest BCUT2D eigenvalue weighted by molar-refractivity contribution is 9.10. The standard InChI is InChI=1S/C11H13BrN2O2/c1-7(15)13-10-5-4-8(6-9(10)12)11(16)14(2)3/h4-6H,1-3H3,(H,13,15). The predicted octanol–water partition coefficient (Wildman–Crippen LogP) is 2.11. The molecule has 0 spiro atoms. The molecule has 0 atom stereocenters. The number of anilines is 1. The normalized spacial score (nSPS) is 9.75. The van der Waals surface area contributed by atoms with Gasteiger partial charge < -0.3 is 10.2 Å². The van der Waals surface area contributed by atoms with Gasteiger partial charge in [0.25, 0.3) is 5.91 Å². The SMILES string of the molecule is CC(=O)Nc1ccc(C(=O)N(C)C)cc1Br. The first-order valence-electron chi connectivity index (χ1n) is 4.70. The lowest BCUT2D eigenvalue weighted by molar-refractivity contribution is -0.114. The number of carbonyl (C=O) groups is 2. The predicted molar refractivity (Wildman–Crippen MR) is 66.5 cm³/mol. The molecular weight excluding hydrogens is 272 g/mol. The van der Waals surface area contributed by atoms with Gasteiger partial charge in [0.15, 0.2) is 0 Å². The van der Waals surface area contributed by atoms with E-state index in [0.717, 1.165) is 0 Å². The third kappa shape index (κ3) is 3.06. The van der Waals surface area contributed by atoms with Crippen molar-refractivity contribution < 1.29 is 9.59 Å². The van der Waals surface area contributed by atoms with Crippen molar-refractivity contribution in [2.75, 3.05) is 19.4 Å². The zero-order chi connectivity index (χ0) is 12.3. The Morgan fingerprint density at radius 1 is 1.31 bits per heavy atom. The minimum atomic E-state index is -0.146. The Bertz CT molecular complexity index is 430. The second-order valence-electron chi connectivity index (χ2n) is 3.58. The molecule has 0 aliphatic heterocycles. The Kier molecular flexibility index (Phi) is 4.06. The number of nitrogens with zero attached hydrogens (tertiary/aromatic N) is 1. The molecule has 0 unspecified atom stereocenters. The second kappa shape index (κ2) is 5.12. The Morgan fingerprint density at radius 2 is 1.94 bits per heavy atom. The fraction of sp³-hybridized carbons (Fsp3) is 0.273. The molecule has 0 aliphatic rings. The first kappa shape index (κ1) is 12.7. The summed E-state index contributed by atoms with van der Waals surface area (Å²) in [6.07, 6.45) is 0. The average Bonchev–Trinajstić information content (AvgIpc) is 2.19. The summed E-state index contributed by atoms with van der Waals surface area (Å²) in [5.41, 5.74) is 1.23. The summed E-state index contributed by atoms with van der Waals surface area (Å²) < 4.78 is 0.690. The van der Waals surface area contributed by atoms with Crippen molar-refractivity contribution in [2.45, 2.75) is 6.92 Å². The molecule has 0 heterocycles. The molecule has 2 amide bonds. The molecule has 0 aromatic heterocycles. The zero-order valence-electron chi connectivity index (χ0n) is 9.37. The number of carbonyl (C=O) groups excluding carboxylic acids is 2. The van der Waals surface area contributed by atoms with E-state index in [4.69, 9.17) is 0 Å². The molecule has 1 aromatic carbocycles. The molecule has 4 nitrogen and oxygen atoms in total. The average molecular weight is 285 g/mol. The fourth-order valence-corrected chi connectivity index (χ4v) is 1.68. The van der Waals surface area contributed by atoms with Crippen LogP contribution in [0.3, 0.4) is 0 Å². The third-order valence-electron chi connectivity index (χ3n) is 1.93. The van der Waals surface area contributed by atoms with Crippen LogP contribution in [0, 0.1) is 0 Å². The van der Waals surface area contributed by atoms with Gasteiger partial charge in [-0.3, -0.25) is 9.59 Å². The van der Waals surface area contributed by atoms with Gasteiger partial charge in [-0.15, -0.1) is 0 Å². The maximum atomic E-state index is 11.6. The highest BCUT2D eigenvalue weighted by Crippen LogP contribution is 2.24. The number of benzene rings is 1. The van der Waals surface area contributed by atoms with Crippen molar-refractivity contribution in [1.82, 2.24) is 4.90 Å². The summed E-state index contributed by atoms with van der Waals surface area (Å²) in [4.78, 5) is 24.0. The van der Waals surface area contributed by atoms with Crippen molar-refractivity contribution in [3.63, 3.8) is 0 Å². The van der Waals surface area contributed by atoms with Crippen LogP contribution in [0.25, 0.3) is 0 Å². The molecule has 1 N–H and O–H groups in total. The number of hydrogen-bond donors (Lipinski definition) is 1. The van der Waals surface area contributed by atoms with Gasteiger partial charge in [-0.2, -0.15) is 0 Å². The van der Waals surface area contributed by atoms with Crippen LogP contribution >= 0.6 is 15.9 Å². The zero-order valence-corrected chi connectivity index (χ0v) is 11.0. The minimum absolute atomic E-state index is 0.0740. The monoisotopic (exact) mass is 284 g/mol. The third-order valence-corrected chi connectivity index (χ3v) is 2.59. The van der Waals surface area contributed by atoms with E-state index in [1.54, 1.807) is 32.3 Å². The van der Waals surface area contributed by atoms with Gasteiger partial charge in [0.2, 0.25) is 5.91 Å². The van der Waals surface area contributed by atoms with Crippen LogP contribution < -0.4 is 5.32 Å². The van der Waals surface area contributed by atoms with Gasteiger partial charge in [0.1, 0.15) is 0 Å². The topological polar surface area (TPSA) is 49.4 Å². The number of hydrogen-bond acceptors (Lipinski definition) is 2. The van der Waals surface area contributed by atoms with E-state index in [2.05, 4.69) is 21.2 Å². The second-order valence-corrected chi connectivity index (χ2v) is 4.43. The molecule has 0 aliphatic carbocycles. The van der Waals surface area contributed by atoms with E-state index in [9.17, 15) is 9.59 Å². The maximum absolute atomic E-state index is 11.6. The lowest BCUT2D eigenvalue weighted by atomic mass is 10.2. The summed E-state index contributed by atoms with van der Waals surface area (Å²) in [6, 6.07) is 5.06. The Hall–Kier alpha value is -1.36. The molecule has 0 saturated heterocycles. The van der Waals surface area contributed by atoms with Crippen molar-refractivity contribution in [3.05, 3.63) is 28.2 Å². The molecular formula is C11H13BrN2O2. The molecule has 16 heavy (non-hydrogen) atoms. The summed E-state index contributed by atoms with van der Waals surface area (Å²) in [7, 11) is 3.38. The van der Waals surface area contributed by atoms with Crippen LogP contribution in [0.15, 0.2) is 22.7 Å². The van der Waals surface area contributed by atoms with Crippen molar-refractivity contribution in [1.29, 1.82) is 0 Å². The van der Waals surface area contributed by atoms with Crippen LogP contribution in [0.2, 0.25) is 0 Å². The van der Waals surface area contributed by atoms with Crippen molar-refractivity contribution in [3.8, 4) is 0 Å². The molecule has 1 rings (SSSR count). The number of rotatable bonds is 2. The number of halogens is 1. The van der Waals surface area contributed by atoms with E-state index >= 15 is 0 Å². The highest BCUT2D eigenvalue weighted by atomic mass is 79.9. The quantitative estimate of drug-likeness (QED) is 0.904. The smallest absolute Gasteiger partial charge is 0.253 e. The summed E-state index contributed by atoms with van der Waals surface area (Å²) >= 11 is 3.31. The van der Waals surface area contributed by atoms with Gasteiger partial charge in [-0.05, 0) is 34.1 Å². The molecule has 0 radical (unpaired) electrons. The summed E-state index contributed by atoms with van der Waals surface area (Å²) in [6.45, 7) is 1.44. The first-order valence-corrected chi connectivity index (χ1v) is 5.50. The molecule has 5 heteroatoms. The Balaban J connectivity index is 2.99. The van der Waals surface area contributed by atoms with E-state index in [0.29, 0.717) is 15.7 Å². The Morgan fingerprint density at radius 3 is 2.38 bits per heavy atom. The Labute approximate surface area is 103 Å². The van der Waals surface area contributed by atoms with Gasteiger partial charge in [-0.1, -0.05) is 0 Å². The lowest BCUT2D eigenvalue weighted by Crippen LogP contribution is -2.21. The van der Waals surface area contributed by atoms with Gasteiger partial charge >= 0.3 is 0 Å². The number of nitrogens with one attached hydrogen (secondary N) is 1. The largest absolute Gasteiger partial charge is 0.345 e. The van der Waals surface area contributed by atoms with Crippen LogP contribution in [0.5, 0.6) is 0 Å². The highest BCUT2D eigenvalue weighted by Gasteiger charge is 2.10. The van der Waals surface area contributed by atoms with E-state index in [-0.39, 0.29) is 11.8 Å². The van der Waals surface area contributed by atoms with Gasteiger partial charge in [0, 0.05) is 31.1 Å². The molecule has 0 saturated carbocycles. The van der Waals surface area contributed by atoms with E-state index in [1.807, 2.05) is 0 Å². The van der Waals surface area contributed by atoms with E-state index in [1.165, 1.54) is 11.8 Å². The lowest BCUT2D eigenvalue weighted by Gasteiger charge is -2.12. The molecule has 0 bridgehead atoms. The minimum Gasteiger partial charge on any atom is -0.345 e. The summed E-state index contributed by atoms with van der Waals surface area (Å²) in [5, 5.41) is 2.66. The first-order chi connectivity index (χ1) is 7.41. The van der Waals surface area contributed by atoms with E-state index < -0.39 is 0 Å². The molecule has 1 aromatic rings. The van der Waals surface area contributed by atoms with Crippen LogP contribution in [0.1, 0.15) is 17.3 Å². The molecule has 0 fully saturated rings. The van der Waals surface area contributed by atoms with Crippen molar-refractivity contribution in [2.24, 2.45) is 0 Å². The molecule has 86 valence electrons. The van der Waals surface area contributed by atoms with Crippen LogP contribution in [-0.2, 0) is 4.79 Å². The van der Waals surface area contributed by atoms with Gasteiger partial charge in [-0.25, -0.2) is 0 Å². The maximum Gasteiger partial charge on any atom is 0.253 e. The van der Waals surface area contributed by atoms with Gasteiger partial charge in [0.05, 0.1) is 5.69 Å². The summed E-state index contributed by atoms with van der Waals surface area (Å²) in [5.74, 6) is -0.220. The van der Waals surface area contributed by atoms with Crippen LogP contribution in [0.4, 0.5) is 5.69 Å². The van der Waals surface area contributed by atoms with Crippen LogP contribution in [-0.4, -0.2) is 30.8 Å². The fourth-order valence-electron chi connectivity index (χ4n) is 1.20. The number of amides is 2.